The Labute approximate surface area is 68.0 Å². The Hall–Kier alpha value is 0.430. The average Bonchev–Trinajstić information content (AvgIpc) is 1.88. The zero-order valence-corrected chi connectivity index (χ0v) is 8.88. The molecule has 0 aliphatic rings. The van der Waals surface area contributed by atoms with Crippen molar-refractivity contribution < 1.29 is 0 Å². The van der Waals surface area contributed by atoms with Crippen LogP contribution in [-0.2, 0) is 0 Å². The molecule has 0 spiro atoms. The lowest BCUT2D eigenvalue weighted by Crippen LogP contribution is -2.18. The zero-order valence-electron chi connectivity index (χ0n) is 7.72. The van der Waals surface area contributed by atoms with Gasteiger partial charge in [0.25, 0.3) is 0 Å². The molecule has 0 heterocycles. The van der Waals surface area contributed by atoms with Crippen LogP contribution in [0, 0.1) is 11.8 Å². The Balaban J connectivity index is 3.80. The molecule has 0 radical (unpaired) electrons. The molecule has 0 aromatic carbocycles. The molecule has 62 valence electrons. The fourth-order valence-electron chi connectivity index (χ4n) is 1.60. The molecule has 0 N–H and O–H groups in total. The topological polar surface area (TPSA) is 0 Å². The van der Waals surface area contributed by atoms with E-state index < -0.39 is 0 Å². The van der Waals surface area contributed by atoms with E-state index in [2.05, 4.69) is 36.9 Å². The summed E-state index contributed by atoms with van der Waals surface area (Å²) in [5.41, 5.74) is 0.778. The molecule has 0 rings (SSSR count). The Kier molecular flexibility index (Phi) is 5.35. The second-order valence-electron chi connectivity index (χ2n) is 3.32. The minimum absolute atomic E-state index is 0.778. The second kappa shape index (κ2) is 5.13. The van der Waals surface area contributed by atoms with Gasteiger partial charge in [-0.1, -0.05) is 40.5 Å². The van der Waals surface area contributed by atoms with Crippen LogP contribution in [0.15, 0.2) is 0 Å². The molecule has 10 heavy (non-hydrogen) atoms. The highest BCUT2D eigenvalue weighted by Crippen LogP contribution is 2.26. The van der Waals surface area contributed by atoms with Crippen molar-refractivity contribution in [3.8, 4) is 0 Å². The van der Waals surface area contributed by atoms with Gasteiger partial charge in [0.1, 0.15) is 0 Å². The third kappa shape index (κ3) is 3.01. The number of hydrogen-bond donors (Lipinski definition) is 0. The molecule has 0 saturated heterocycles. The summed E-state index contributed by atoms with van der Waals surface area (Å²) in [6.07, 6.45) is 2.64. The molecule has 0 saturated carbocycles. The van der Waals surface area contributed by atoms with E-state index in [1.54, 1.807) is 0 Å². The monoisotopic (exact) mass is 160 g/mol. The summed E-state index contributed by atoms with van der Waals surface area (Å²) in [4.78, 5) is 0. The van der Waals surface area contributed by atoms with Crippen molar-refractivity contribution in [2.24, 2.45) is 11.8 Å². The highest BCUT2D eigenvalue weighted by Gasteiger charge is 2.16. The SMILES string of the molecule is CCC(C)C(CC)C(C)P. The lowest BCUT2D eigenvalue weighted by molar-refractivity contribution is 0.336. The van der Waals surface area contributed by atoms with E-state index in [1.807, 2.05) is 0 Å². The third-order valence-electron chi connectivity index (χ3n) is 2.52. The Morgan fingerprint density at radius 2 is 1.60 bits per heavy atom. The molecule has 4 atom stereocenters. The predicted octanol–water partition coefficient (Wildman–Crippen LogP) is 3.32. The molecule has 0 aliphatic heterocycles. The van der Waals surface area contributed by atoms with Crippen molar-refractivity contribution in [2.45, 2.75) is 46.2 Å². The van der Waals surface area contributed by atoms with Gasteiger partial charge >= 0.3 is 0 Å². The summed E-state index contributed by atoms with van der Waals surface area (Å²) in [5, 5.41) is 0. The van der Waals surface area contributed by atoms with Gasteiger partial charge in [0.15, 0.2) is 0 Å². The van der Waals surface area contributed by atoms with Crippen LogP contribution in [0.1, 0.15) is 40.5 Å². The van der Waals surface area contributed by atoms with Crippen LogP contribution < -0.4 is 0 Å². The maximum absolute atomic E-state index is 2.92. The maximum Gasteiger partial charge on any atom is -0.0262 e. The standard InChI is InChI=1S/C9H21P/c1-5-7(3)9(6-2)8(4)10/h7-9H,5-6,10H2,1-4H3. The van der Waals surface area contributed by atoms with E-state index in [9.17, 15) is 0 Å². The van der Waals surface area contributed by atoms with Crippen molar-refractivity contribution in [3.05, 3.63) is 0 Å². The normalized spacial score (nSPS) is 20.1. The van der Waals surface area contributed by atoms with Crippen molar-refractivity contribution in [1.82, 2.24) is 0 Å². The van der Waals surface area contributed by atoms with Crippen LogP contribution in [0.25, 0.3) is 0 Å². The average molecular weight is 160 g/mol. The molecule has 0 aromatic rings. The summed E-state index contributed by atoms with van der Waals surface area (Å²) in [7, 11) is 2.92. The van der Waals surface area contributed by atoms with E-state index in [4.69, 9.17) is 0 Å². The first kappa shape index (κ1) is 10.4. The first-order valence-corrected chi connectivity index (χ1v) is 5.05. The van der Waals surface area contributed by atoms with E-state index in [0.717, 1.165) is 17.5 Å². The maximum atomic E-state index is 2.92. The smallest absolute Gasteiger partial charge is 0.0262 e. The molecular formula is C9H21P. The Morgan fingerprint density at radius 1 is 1.10 bits per heavy atom. The third-order valence-corrected chi connectivity index (χ3v) is 3.02. The van der Waals surface area contributed by atoms with Gasteiger partial charge in [-0.25, -0.2) is 0 Å². The van der Waals surface area contributed by atoms with Gasteiger partial charge < -0.3 is 0 Å². The summed E-state index contributed by atoms with van der Waals surface area (Å²) >= 11 is 0. The molecule has 0 aliphatic carbocycles. The van der Waals surface area contributed by atoms with Crippen LogP contribution >= 0.6 is 9.24 Å². The molecule has 0 amide bonds. The fraction of sp³-hybridized carbons (Fsp3) is 1.00. The van der Waals surface area contributed by atoms with Gasteiger partial charge in [0.2, 0.25) is 0 Å². The Bertz CT molecular complexity index is 78.8. The van der Waals surface area contributed by atoms with Crippen molar-refractivity contribution in [3.63, 3.8) is 0 Å². The summed E-state index contributed by atoms with van der Waals surface area (Å²) in [6.45, 7) is 9.22. The van der Waals surface area contributed by atoms with Crippen LogP contribution in [0.2, 0.25) is 0 Å². The molecule has 0 bridgehead atoms. The van der Waals surface area contributed by atoms with Gasteiger partial charge in [-0.3, -0.25) is 0 Å². The molecular weight excluding hydrogens is 139 g/mol. The van der Waals surface area contributed by atoms with Gasteiger partial charge in [0, 0.05) is 0 Å². The van der Waals surface area contributed by atoms with E-state index in [0.29, 0.717) is 0 Å². The molecule has 4 unspecified atom stereocenters. The van der Waals surface area contributed by atoms with Crippen LogP contribution in [0.4, 0.5) is 0 Å². The molecule has 0 aromatic heterocycles. The highest BCUT2D eigenvalue weighted by molar-refractivity contribution is 7.17. The van der Waals surface area contributed by atoms with Crippen LogP contribution in [-0.4, -0.2) is 5.66 Å². The lowest BCUT2D eigenvalue weighted by atomic mass is 9.87. The zero-order chi connectivity index (χ0) is 8.15. The van der Waals surface area contributed by atoms with Gasteiger partial charge in [-0.05, 0) is 17.5 Å². The number of hydrogen-bond acceptors (Lipinski definition) is 0. The molecule has 0 fully saturated rings. The van der Waals surface area contributed by atoms with E-state index in [1.165, 1.54) is 12.8 Å². The largest absolute Gasteiger partial charge is 0.134 e. The minimum Gasteiger partial charge on any atom is -0.134 e. The predicted molar refractivity (Wildman–Crippen MR) is 52.4 cm³/mol. The molecule has 0 nitrogen and oxygen atoms in total. The highest BCUT2D eigenvalue weighted by atomic mass is 31.0. The molecule has 1 heteroatoms. The van der Waals surface area contributed by atoms with Crippen molar-refractivity contribution in [1.29, 1.82) is 0 Å². The van der Waals surface area contributed by atoms with E-state index in [-0.39, 0.29) is 0 Å². The summed E-state index contributed by atoms with van der Waals surface area (Å²) in [6, 6.07) is 0. The summed E-state index contributed by atoms with van der Waals surface area (Å²) in [5.74, 6) is 1.78. The minimum atomic E-state index is 0.778. The number of rotatable bonds is 4. The lowest BCUT2D eigenvalue weighted by Gasteiger charge is -2.24. The van der Waals surface area contributed by atoms with E-state index >= 15 is 0 Å². The van der Waals surface area contributed by atoms with Crippen molar-refractivity contribution in [2.75, 3.05) is 0 Å². The van der Waals surface area contributed by atoms with Crippen molar-refractivity contribution >= 4 is 9.24 Å². The van der Waals surface area contributed by atoms with Gasteiger partial charge in [-0.2, -0.15) is 0 Å². The summed E-state index contributed by atoms with van der Waals surface area (Å²) < 4.78 is 0. The second-order valence-corrected chi connectivity index (χ2v) is 4.37. The van der Waals surface area contributed by atoms with Gasteiger partial charge in [-0.15, -0.1) is 9.24 Å². The first-order chi connectivity index (χ1) is 4.63. The fourth-order valence-corrected chi connectivity index (χ4v) is 2.25. The first-order valence-electron chi connectivity index (χ1n) is 4.39. The quantitative estimate of drug-likeness (QED) is 0.553. The van der Waals surface area contributed by atoms with Crippen LogP contribution in [0.5, 0.6) is 0 Å². The van der Waals surface area contributed by atoms with Gasteiger partial charge in [0.05, 0.1) is 0 Å². The Morgan fingerprint density at radius 3 is 1.70 bits per heavy atom. The van der Waals surface area contributed by atoms with Crippen LogP contribution in [0.3, 0.4) is 0 Å².